The molecule has 0 radical (unpaired) electrons. The second-order valence-corrected chi connectivity index (χ2v) is 7.22. The molecule has 0 saturated carbocycles. The largest absolute Gasteiger partial charge is 0.493 e. The van der Waals surface area contributed by atoms with Crippen LogP contribution in [0.5, 0.6) is 11.5 Å². The Morgan fingerprint density at radius 1 is 1.08 bits per heavy atom. The highest BCUT2D eigenvalue weighted by atomic mass is 127. The van der Waals surface area contributed by atoms with Gasteiger partial charge in [0.25, 0.3) is 0 Å². The number of hydrogen-bond donors (Lipinski definition) is 3. The molecule has 8 nitrogen and oxygen atoms in total. The first-order chi connectivity index (χ1) is 11.9. The van der Waals surface area contributed by atoms with Gasteiger partial charge in [-0.1, -0.05) is 6.07 Å². The Morgan fingerprint density at radius 2 is 1.73 bits per heavy atom. The predicted octanol–water partition coefficient (Wildman–Crippen LogP) is 0.969. The molecule has 0 fully saturated rings. The highest BCUT2D eigenvalue weighted by Gasteiger charge is 2.05. The molecule has 0 heterocycles. The second-order valence-electron chi connectivity index (χ2n) is 5.39. The number of ether oxygens (including phenoxy) is 2. The number of guanidine groups is 1. The summed E-state index contributed by atoms with van der Waals surface area (Å²) in [4.78, 5) is 4.14. The van der Waals surface area contributed by atoms with Gasteiger partial charge in [0.2, 0.25) is 10.0 Å². The Labute approximate surface area is 173 Å². The van der Waals surface area contributed by atoms with Crippen molar-refractivity contribution in [3.63, 3.8) is 0 Å². The maximum absolute atomic E-state index is 11.0. The van der Waals surface area contributed by atoms with Crippen molar-refractivity contribution in [1.29, 1.82) is 0 Å². The van der Waals surface area contributed by atoms with Crippen molar-refractivity contribution in [2.24, 2.45) is 4.99 Å². The van der Waals surface area contributed by atoms with Gasteiger partial charge in [-0.05, 0) is 30.5 Å². The van der Waals surface area contributed by atoms with Crippen LogP contribution >= 0.6 is 24.0 Å². The highest BCUT2D eigenvalue weighted by Crippen LogP contribution is 2.27. The van der Waals surface area contributed by atoms with Crippen LogP contribution < -0.4 is 24.8 Å². The van der Waals surface area contributed by atoms with E-state index in [2.05, 4.69) is 20.3 Å². The van der Waals surface area contributed by atoms with Gasteiger partial charge < -0.3 is 20.1 Å². The smallest absolute Gasteiger partial charge is 0.208 e. The Hall–Kier alpha value is -1.27. The Balaban J connectivity index is 0.00000625. The lowest BCUT2D eigenvalue weighted by Crippen LogP contribution is -2.39. The van der Waals surface area contributed by atoms with Crippen LogP contribution in [-0.2, 0) is 16.4 Å². The first kappa shape index (κ1) is 24.7. The molecule has 3 N–H and O–H groups in total. The molecule has 0 aliphatic carbocycles. The quantitative estimate of drug-likeness (QED) is 0.192. The van der Waals surface area contributed by atoms with E-state index in [1.54, 1.807) is 21.3 Å². The summed E-state index contributed by atoms with van der Waals surface area (Å²) in [5.41, 5.74) is 1.12. The van der Waals surface area contributed by atoms with Gasteiger partial charge in [0.15, 0.2) is 17.5 Å². The average molecular weight is 500 g/mol. The number of methoxy groups -OCH3 is 2. The van der Waals surface area contributed by atoms with Crippen LogP contribution in [0.4, 0.5) is 0 Å². The molecule has 0 aliphatic rings. The third kappa shape index (κ3) is 10.0. The summed E-state index contributed by atoms with van der Waals surface area (Å²) in [6, 6.07) is 5.83. The summed E-state index contributed by atoms with van der Waals surface area (Å²) in [5, 5.41) is 6.36. The number of nitrogens with zero attached hydrogens (tertiary/aromatic N) is 1. The zero-order chi connectivity index (χ0) is 18.7. The number of halogens is 1. The van der Waals surface area contributed by atoms with E-state index >= 15 is 0 Å². The van der Waals surface area contributed by atoms with Crippen LogP contribution in [0.1, 0.15) is 12.0 Å². The van der Waals surface area contributed by atoms with Crippen LogP contribution in [0.25, 0.3) is 0 Å². The lowest BCUT2D eigenvalue weighted by molar-refractivity contribution is 0.354. The molecule has 150 valence electrons. The maximum Gasteiger partial charge on any atom is 0.208 e. The normalized spacial score (nSPS) is 11.5. The standard InChI is InChI=1S/C16H28N4O4S.HI/c1-17-16(18-9-5-10-20-25(4,21)22)19-11-8-13-6-7-14(23-2)15(12-13)24-3;/h6-7,12,20H,5,8-11H2,1-4H3,(H2,17,18,19);1H. The number of nitrogens with one attached hydrogen (secondary N) is 3. The zero-order valence-corrected chi connectivity index (χ0v) is 18.8. The van der Waals surface area contributed by atoms with Gasteiger partial charge in [-0.2, -0.15) is 0 Å². The van der Waals surface area contributed by atoms with Gasteiger partial charge in [0, 0.05) is 26.7 Å². The minimum absolute atomic E-state index is 0. The predicted molar refractivity (Wildman–Crippen MR) is 115 cm³/mol. The summed E-state index contributed by atoms with van der Waals surface area (Å²) in [5.74, 6) is 2.10. The highest BCUT2D eigenvalue weighted by molar-refractivity contribution is 14.0. The third-order valence-electron chi connectivity index (χ3n) is 3.39. The first-order valence-electron chi connectivity index (χ1n) is 7.99. The van der Waals surface area contributed by atoms with Gasteiger partial charge in [0.1, 0.15) is 0 Å². The molecular formula is C16H29IN4O4S. The number of aliphatic imine (C=N–C) groups is 1. The fraction of sp³-hybridized carbons (Fsp3) is 0.562. The Kier molecular flexibility index (Phi) is 12.3. The Bertz CT molecular complexity index is 668. The van der Waals surface area contributed by atoms with E-state index in [-0.39, 0.29) is 24.0 Å². The molecule has 0 unspecified atom stereocenters. The molecule has 0 bridgehead atoms. The van der Waals surface area contributed by atoms with E-state index in [1.807, 2.05) is 18.2 Å². The number of rotatable bonds is 10. The topological polar surface area (TPSA) is 101 Å². The Morgan fingerprint density at radius 3 is 2.31 bits per heavy atom. The lowest BCUT2D eigenvalue weighted by atomic mass is 10.1. The molecule has 0 amide bonds. The van der Waals surface area contributed by atoms with E-state index in [0.717, 1.165) is 18.2 Å². The summed E-state index contributed by atoms with van der Waals surface area (Å²) in [7, 11) is 1.79. The molecule has 0 aromatic heterocycles. The molecule has 10 heteroatoms. The summed E-state index contributed by atoms with van der Waals surface area (Å²) in [6.45, 7) is 1.73. The summed E-state index contributed by atoms with van der Waals surface area (Å²) in [6.07, 6.45) is 2.62. The minimum atomic E-state index is -3.13. The van der Waals surface area contributed by atoms with Crippen molar-refractivity contribution >= 4 is 40.0 Å². The zero-order valence-electron chi connectivity index (χ0n) is 15.7. The lowest BCUT2D eigenvalue weighted by Gasteiger charge is -2.13. The van der Waals surface area contributed by atoms with Crippen molar-refractivity contribution in [1.82, 2.24) is 15.4 Å². The van der Waals surface area contributed by atoms with Crippen LogP contribution in [0.15, 0.2) is 23.2 Å². The number of hydrogen-bond acceptors (Lipinski definition) is 5. The van der Waals surface area contributed by atoms with Crippen molar-refractivity contribution < 1.29 is 17.9 Å². The van der Waals surface area contributed by atoms with E-state index in [4.69, 9.17) is 9.47 Å². The minimum Gasteiger partial charge on any atom is -0.493 e. The van der Waals surface area contributed by atoms with Gasteiger partial charge in [-0.15, -0.1) is 24.0 Å². The summed E-state index contributed by atoms with van der Waals surface area (Å²) < 4.78 is 34.9. The summed E-state index contributed by atoms with van der Waals surface area (Å²) >= 11 is 0. The van der Waals surface area contributed by atoms with Crippen LogP contribution in [0, 0.1) is 0 Å². The number of benzene rings is 1. The molecule has 26 heavy (non-hydrogen) atoms. The molecular weight excluding hydrogens is 471 g/mol. The van der Waals surface area contributed by atoms with E-state index in [0.29, 0.717) is 43.5 Å². The van der Waals surface area contributed by atoms with Gasteiger partial charge >= 0.3 is 0 Å². The van der Waals surface area contributed by atoms with Crippen LogP contribution in [-0.4, -0.2) is 61.5 Å². The van der Waals surface area contributed by atoms with Gasteiger partial charge in [0.05, 0.1) is 20.5 Å². The molecule has 0 atom stereocenters. The fourth-order valence-corrected chi connectivity index (χ4v) is 2.65. The van der Waals surface area contributed by atoms with Gasteiger partial charge in [-0.3, -0.25) is 4.99 Å². The van der Waals surface area contributed by atoms with Crippen molar-refractivity contribution in [3.05, 3.63) is 23.8 Å². The monoisotopic (exact) mass is 500 g/mol. The molecule has 0 saturated heterocycles. The SMILES string of the molecule is CN=C(NCCCNS(C)(=O)=O)NCCc1ccc(OC)c(OC)c1.I. The van der Waals surface area contributed by atoms with E-state index in [1.165, 1.54) is 0 Å². The molecule has 0 spiro atoms. The average Bonchev–Trinajstić information content (AvgIpc) is 2.58. The molecule has 1 rings (SSSR count). The molecule has 0 aliphatic heterocycles. The van der Waals surface area contributed by atoms with Crippen molar-refractivity contribution in [2.45, 2.75) is 12.8 Å². The first-order valence-corrected chi connectivity index (χ1v) is 9.88. The van der Waals surface area contributed by atoms with Crippen LogP contribution in [0.2, 0.25) is 0 Å². The maximum atomic E-state index is 11.0. The van der Waals surface area contributed by atoms with E-state index in [9.17, 15) is 8.42 Å². The molecule has 1 aromatic carbocycles. The second kappa shape index (κ2) is 13.0. The fourth-order valence-electron chi connectivity index (χ4n) is 2.13. The van der Waals surface area contributed by atoms with Crippen molar-refractivity contribution in [2.75, 3.05) is 47.2 Å². The third-order valence-corrected chi connectivity index (χ3v) is 4.12. The molecule has 1 aromatic rings. The van der Waals surface area contributed by atoms with E-state index < -0.39 is 10.0 Å². The van der Waals surface area contributed by atoms with Crippen molar-refractivity contribution in [3.8, 4) is 11.5 Å². The number of sulfonamides is 1. The van der Waals surface area contributed by atoms with Gasteiger partial charge in [-0.25, -0.2) is 13.1 Å². The van der Waals surface area contributed by atoms with Crippen LogP contribution in [0.3, 0.4) is 0 Å².